The van der Waals surface area contributed by atoms with E-state index in [1.807, 2.05) is 0 Å². The minimum atomic E-state index is -0.782. The first-order valence-electron chi connectivity index (χ1n) is 36.0. The molecule has 1 unspecified atom stereocenters. The summed E-state index contributed by atoms with van der Waals surface area (Å²) in [6, 6.07) is 0. The highest BCUT2D eigenvalue weighted by Gasteiger charge is 2.16. The third-order valence-corrected chi connectivity index (χ3v) is 15.3. The Hall–Kier alpha value is -4.48. The van der Waals surface area contributed by atoms with E-state index in [1.165, 1.54) is 173 Å². The van der Waals surface area contributed by atoms with Crippen molar-refractivity contribution in [2.24, 2.45) is 0 Å². The van der Waals surface area contributed by atoms with Gasteiger partial charge in [0.2, 0.25) is 0 Å². The van der Waals surface area contributed by atoms with Crippen molar-refractivity contribution >= 4 is 11.9 Å². The molecule has 0 aliphatic rings. The molecule has 0 spiro atoms. The van der Waals surface area contributed by atoms with E-state index in [0.29, 0.717) is 12.8 Å². The zero-order chi connectivity index (χ0) is 61.9. The van der Waals surface area contributed by atoms with E-state index in [0.717, 1.165) is 122 Å². The Morgan fingerprint density at radius 1 is 0.267 bits per heavy atom. The fourth-order valence-corrected chi connectivity index (χ4v) is 10.0. The second-order valence-corrected chi connectivity index (χ2v) is 23.6. The van der Waals surface area contributed by atoms with Crippen LogP contribution in [0.15, 0.2) is 158 Å². The summed E-state index contributed by atoms with van der Waals surface area (Å²) in [6.07, 6.45) is 114. The van der Waals surface area contributed by atoms with Crippen LogP contribution in [0, 0.1) is 0 Å². The Kier molecular flexibility index (Phi) is 70.9. The molecule has 5 heteroatoms. The Bertz CT molecular complexity index is 1830. The summed E-state index contributed by atoms with van der Waals surface area (Å²) in [5.74, 6) is -0.586. The highest BCUT2D eigenvalue weighted by Crippen LogP contribution is 2.17. The standard InChI is InChI=1S/C81H134O5/c1-3-5-7-9-11-13-15-17-19-21-23-25-27-29-31-33-35-37-39-40-42-44-46-48-50-52-54-56-58-60-62-64-66-68-70-72-74-76-81(84)86-79(77-82)78-85-80(83)75-73-71-69-67-65-63-61-59-57-55-53-51-49-47-45-43-41-38-36-34-32-30-28-26-24-22-20-18-16-14-12-10-8-6-4-2/h5-8,11-14,17-20,23-26,29-32,35-38,40,42,79,82H,3-4,9-10,15-16,21-22,27-28,33-34,39,41,43-78H2,1-2H3/b7-5-,8-6-,13-11-,14-12-,19-17-,20-18-,25-23-,26-24-,31-29-,32-30-,37-35-,38-36-,42-40-. The Balaban J connectivity index is 3.49. The average molecular weight is 1190 g/mol. The number of carbonyl (C=O) groups is 2. The molecule has 1 N–H and O–H groups in total. The molecule has 0 aromatic heterocycles. The molecule has 0 aromatic rings. The van der Waals surface area contributed by atoms with Crippen molar-refractivity contribution in [2.45, 2.75) is 328 Å². The molecule has 0 saturated carbocycles. The molecule has 86 heavy (non-hydrogen) atoms. The van der Waals surface area contributed by atoms with E-state index in [-0.39, 0.29) is 25.2 Å². The maximum Gasteiger partial charge on any atom is 0.306 e. The van der Waals surface area contributed by atoms with Gasteiger partial charge in [0.25, 0.3) is 0 Å². The van der Waals surface area contributed by atoms with Crippen LogP contribution in [-0.4, -0.2) is 36.4 Å². The topological polar surface area (TPSA) is 72.8 Å². The molecule has 0 heterocycles. The van der Waals surface area contributed by atoms with Crippen LogP contribution >= 0.6 is 0 Å². The molecular weight excluding hydrogens is 1050 g/mol. The summed E-state index contributed by atoms with van der Waals surface area (Å²) in [4.78, 5) is 24.7. The molecule has 0 saturated heterocycles. The van der Waals surface area contributed by atoms with Crippen LogP contribution in [0.4, 0.5) is 0 Å². The van der Waals surface area contributed by atoms with Crippen LogP contribution in [0.2, 0.25) is 0 Å². The molecule has 5 nitrogen and oxygen atoms in total. The number of carbonyl (C=O) groups excluding carboxylic acids is 2. The molecule has 0 radical (unpaired) electrons. The van der Waals surface area contributed by atoms with E-state index in [2.05, 4.69) is 172 Å². The van der Waals surface area contributed by atoms with Gasteiger partial charge in [-0.05, 0) is 122 Å². The highest BCUT2D eigenvalue weighted by atomic mass is 16.6. The number of esters is 2. The Morgan fingerprint density at radius 3 is 0.698 bits per heavy atom. The van der Waals surface area contributed by atoms with Crippen LogP contribution < -0.4 is 0 Å². The van der Waals surface area contributed by atoms with Crippen molar-refractivity contribution in [1.82, 2.24) is 0 Å². The molecule has 0 amide bonds. The molecule has 0 bridgehead atoms. The fraction of sp³-hybridized carbons (Fsp3) is 0.654. The summed E-state index contributed by atoms with van der Waals surface area (Å²) < 4.78 is 10.8. The van der Waals surface area contributed by atoms with Crippen molar-refractivity contribution < 1.29 is 24.2 Å². The number of aliphatic hydroxyl groups excluding tert-OH is 1. The second kappa shape index (κ2) is 74.8. The van der Waals surface area contributed by atoms with Gasteiger partial charge in [0.15, 0.2) is 6.10 Å². The van der Waals surface area contributed by atoms with E-state index in [9.17, 15) is 14.7 Å². The molecular formula is C81H134O5. The van der Waals surface area contributed by atoms with Gasteiger partial charge in [-0.15, -0.1) is 0 Å². The van der Waals surface area contributed by atoms with Crippen LogP contribution in [0.5, 0.6) is 0 Å². The van der Waals surface area contributed by atoms with Crippen LogP contribution in [0.25, 0.3) is 0 Å². The lowest BCUT2D eigenvalue weighted by Gasteiger charge is -2.15. The van der Waals surface area contributed by atoms with Gasteiger partial charge in [-0.2, -0.15) is 0 Å². The van der Waals surface area contributed by atoms with Crippen LogP contribution in [0.3, 0.4) is 0 Å². The van der Waals surface area contributed by atoms with Gasteiger partial charge in [-0.25, -0.2) is 0 Å². The first-order chi connectivity index (χ1) is 42.6. The van der Waals surface area contributed by atoms with Crippen LogP contribution in [0.1, 0.15) is 322 Å². The summed E-state index contributed by atoms with van der Waals surface area (Å²) in [5.41, 5.74) is 0. The molecule has 1 atom stereocenters. The van der Waals surface area contributed by atoms with Gasteiger partial charge in [0.05, 0.1) is 6.61 Å². The van der Waals surface area contributed by atoms with Gasteiger partial charge >= 0.3 is 11.9 Å². The lowest BCUT2D eigenvalue weighted by molar-refractivity contribution is -0.161. The summed E-state index contributed by atoms with van der Waals surface area (Å²) in [5, 5.41) is 9.72. The van der Waals surface area contributed by atoms with Crippen molar-refractivity contribution in [3.8, 4) is 0 Å². The summed E-state index contributed by atoms with van der Waals surface area (Å²) >= 11 is 0. The number of rotatable bonds is 65. The van der Waals surface area contributed by atoms with Gasteiger partial charge in [-0.3, -0.25) is 9.59 Å². The number of ether oxygens (including phenoxy) is 2. The molecule has 0 aliphatic carbocycles. The SMILES string of the molecule is CC/C=C\C/C=C\C/C=C\C/C=C\C/C=C\C/C=C\C/C=C\CCCCCCCCCCCCCCCCCC(=O)OC(CO)COC(=O)CCCCCCCCCCCCCCCCCC/C=C\C/C=C\C/C=C\C/C=C\C/C=C\C/C=C\CC. The monoisotopic (exact) mass is 1190 g/mol. The summed E-state index contributed by atoms with van der Waals surface area (Å²) in [6.45, 7) is 3.93. The lowest BCUT2D eigenvalue weighted by Crippen LogP contribution is -2.28. The Morgan fingerprint density at radius 2 is 0.465 bits per heavy atom. The van der Waals surface area contributed by atoms with Crippen molar-refractivity contribution in [1.29, 1.82) is 0 Å². The van der Waals surface area contributed by atoms with Gasteiger partial charge < -0.3 is 14.6 Å². The first kappa shape index (κ1) is 81.5. The van der Waals surface area contributed by atoms with Gasteiger partial charge in [0.1, 0.15) is 6.61 Å². The van der Waals surface area contributed by atoms with Gasteiger partial charge in [-0.1, -0.05) is 345 Å². The maximum absolute atomic E-state index is 12.4. The molecule has 0 rings (SSSR count). The molecule has 0 aliphatic heterocycles. The number of aliphatic hydroxyl groups is 1. The number of allylic oxidation sites excluding steroid dienone is 26. The third-order valence-electron chi connectivity index (χ3n) is 15.3. The molecule has 0 fully saturated rings. The van der Waals surface area contributed by atoms with E-state index >= 15 is 0 Å². The highest BCUT2D eigenvalue weighted by molar-refractivity contribution is 5.70. The fourth-order valence-electron chi connectivity index (χ4n) is 10.0. The first-order valence-corrected chi connectivity index (χ1v) is 36.0. The van der Waals surface area contributed by atoms with Crippen molar-refractivity contribution in [2.75, 3.05) is 13.2 Å². The predicted octanol–water partition coefficient (Wildman–Crippen LogP) is 25.4. The smallest absolute Gasteiger partial charge is 0.306 e. The second-order valence-electron chi connectivity index (χ2n) is 23.6. The zero-order valence-electron chi connectivity index (χ0n) is 56.0. The van der Waals surface area contributed by atoms with Gasteiger partial charge in [0, 0.05) is 12.8 Å². The minimum Gasteiger partial charge on any atom is -0.462 e. The van der Waals surface area contributed by atoms with Crippen molar-refractivity contribution in [3.05, 3.63) is 158 Å². The lowest BCUT2D eigenvalue weighted by atomic mass is 10.0. The molecule has 0 aromatic carbocycles. The normalized spacial score (nSPS) is 13.2. The van der Waals surface area contributed by atoms with E-state index < -0.39 is 6.10 Å². The zero-order valence-corrected chi connectivity index (χ0v) is 56.0. The number of hydrogen-bond acceptors (Lipinski definition) is 5. The average Bonchev–Trinajstić information content (AvgIpc) is 3.53. The Labute approximate surface area is 532 Å². The molecule has 488 valence electrons. The third kappa shape index (κ3) is 72.0. The number of unbranched alkanes of at least 4 members (excludes halogenated alkanes) is 31. The minimum absolute atomic E-state index is 0.0703. The predicted molar refractivity (Wildman–Crippen MR) is 380 cm³/mol. The van der Waals surface area contributed by atoms with E-state index in [4.69, 9.17) is 9.47 Å². The van der Waals surface area contributed by atoms with E-state index in [1.54, 1.807) is 0 Å². The van der Waals surface area contributed by atoms with Crippen LogP contribution in [-0.2, 0) is 19.1 Å². The maximum atomic E-state index is 12.4. The van der Waals surface area contributed by atoms with Crippen molar-refractivity contribution in [3.63, 3.8) is 0 Å². The quantitative estimate of drug-likeness (QED) is 0.0373. The number of hydrogen-bond donors (Lipinski definition) is 1. The largest absolute Gasteiger partial charge is 0.462 e. The summed E-state index contributed by atoms with van der Waals surface area (Å²) in [7, 11) is 0.